The molecule has 194 valence electrons. The summed E-state index contributed by atoms with van der Waals surface area (Å²) < 4.78 is 6.54. The maximum Gasteiger partial charge on any atom is 0.337 e. The third-order valence-corrected chi connectivity index (χ3v) is 6.60. The Hall–Kier alpha value is -3.63. The Labute approximate surface area is 224 Å². The van der Waals surface area contributed by atoms with Crippen LogP contribution in [0.25, 0.3) is 0 Å². The van der Waals surface area contributed by atoms with E-state index in [1.165, 1.54) is 18.9 Å². The maximum atomic E-state index is 12.9. The van der Waals surface area contributed by atoms with Gasteiger partial charge in [0.15, 0.2) is 11.0 Å². The second-order valence-corrected chi connectivity index (χ2v) is 9.67. The van der Waals surface area contributed by atoms with Crippen molar-refractivity contribution in [2.75, 3.05) is 18.2 Å². The average Bonchev–Trinajstić information content (AvgIpc) is 3.27. The lowest BCUT2D eigenvalue weighted by atomic mass is 10.0. The first kappa shape index (κ1) is 27.9. The smallest absolute Gasteiger partial charge is 0.337 e. The summed E-state index contributed by atoms with van der Waals surface area (Å²) in [5.74, 6) is -0.506. The Kier molecular flexibility index (Phi) is 9.87. The Bertz CT molecular complexity index is 1290. The number of anilines is 1. The number of halogens is 1. The molecule has 0 aliphatic carbocycles. The Morgan fingerprint density at radius 2 is 1.92 bits per heavy atom. The normalized spacial score (nSPS) is 11.6. The highest BCUT2D eigenvalue weighted by atomic mass is 35.5. The monoisotopic (exact) mass is 541 g/mol. The maximum absolute atomic E-state index is 12.9. The molecule has 2 aromatic carbocycles. The lowest BCUT2D eigenvalue weighted by molar-refractivity contribution is -0.113. The average molecular weight is 542 g/mol. The summed E-state index contributed by atoms with van der Waals surface area (Å²) in [5, 5.41) is 15.3. The fraction of sp³-hybridized carbons (Fsp3) is 0.269. The Morgan fingerprint density at radius 3 is 2.59 bits per heavy atom. The standard InChI is InChI=1S/C26H28ClN5O4S/c1-5-13-32-23(22(16(2)3)29-24(34)19-11-6-7-12-20(19)27)30-31-26(32)37-15-21(33)28-18-10-8-9-17(14-18)25(35)36-4/h5-12,14,16,22H,1,13,15H2,2-4H3,(H,28,33)(H,29,34)/t22-/m0/s1. The number of benzene rings is 2. The van der Waals surface area contributed by atoms with Gasteiger partial charge in [-0.25, -0.2) is 4.79 Å². The van der Waals surface area contributed by atoms with Crippen LogP contribution in [0.4, 0.5) is 5.69 Å². The van der Waals surface area contributed by atoms with Gasteiger partial charge in [-0.1, -0.05) is 61.5 Å². The molecule has 0 aliphatic rings. The van der Waals surface area contributed by atoms with Gasteiger partial charge in [-0.15, -0.1) is 16.8 Å². The van der Waals surface area contributed by atoms with Crippen LogP contribution in [0.15, 0.2) is 66.3 Å². The van der Waals surface area contributed by atoms with E-state index in [0.717, 1.165) is 0 Å². The molecule has 0 unspecified atom stereocenters. The van der Waals surface area contributed by atoms with Gasteiger partial charge in [-0.05, 0) is 36.2 Å². The quantitative estimate of drug-likeness (QED) is 0.204. The van der Waals surface area contributed by atoms with Gasteiger partial charge in [0.05, 0.1) is 35.1 Å². The molecule has 0 saturated carbocycles. The van der Waals surface area contributed by atoms with Crippen LogP contribution in [-0.4, -0.2) is 45.4 Å². The van der Waals surface area contributed by atoms with Crippen molar-refractivity contribution < 1.29 is 19.1 Å². The van der Waals surface area contributed by atoms with E-state index in [1.807, 2.05) is 18.4 Å². The number of hydrogen-bond donors (Lipinski definition) is 2. The minimum atomic E-state index is -0.489. The summed E-state index contributed by atoms with van der Waals surface area (Å²) in [6, 6.07) is 12.9. The lowest BCUT2D eigenvalue weighted by Crippen LogP contribution is -2.34. The molecular weight excluding hydrogens is 514 g/mol. The molecule has 9 nitrogen and oxygen atoms in total. The molecule has 0 aliphatic heterocycles. The number of ether oxygens (including phenoxy) is 1. The van der Waals surface area contributed by atoms with Crippen LogP contribution >= 0.6 is 23.4 Å². The van der Waals surface area contributed by atoms with Crippen LogP contribution in [0, 0.1) is 5.92 Å². The largest absolute Gasteiger partial charge is 0.465 e. The number of amides is 2. The minimum absolute atomic E-state index is 0.0116. The number of nitrogens with zero attached hydrogens (tertiary/aromatic N) is 3. The summed E-state index contributed by atoms with van der Waals surface area (Å²) in [6.07, 6.45) is 1.70. The fourth-order valence-corrected chi connectivity index (χ4v) is 4.48. The van der Waals surface area contributed by atoms with Gasteiger partial charge in [0.2, 0.25) is 5.91 Å². The van der Waals surface area contributed by atoms with E-state index >= 15 is 0 Å². The van der Waals surface area contributed by atoms with Crippen LogP contribution in [0.3, 0.4) is 0 Å². The fourth-order valence-electron chi connectivity index (χ4n) is 3.50. The molecule has 37 heavy (non-hydrogen) atoms. The van der Waals surface area contributed by atoms with Crippen LogP contribution in [0.5, 0.6) is 0 Å². The van der Waals surface area contributed by atoms with Crippen molar-refractivity contribution in [3.8, 4) is 0 Å². The number of carbonyl (C=O) groups is 3. The summed E-state index contributed by atoms with van der Waals surface area (Å²) in [7, 11) is 1.30. The van der Waals surface area contributed by atoms with Gasteiger partial charge >= 0.3 is 5.97 Å². The van der Waals surface area contributed by atoms with Crippen LogP contribution < -0.4 is 10.6 Å². The van der Waals surface area contributed by atoms with Crippen molar-refractivity contribution in [2.45, 2.75) is 31.6 Å². The number of nitrogens with one attached hydrogen (secondary N) is 2. The van der Waals surface area contributed by atoms with Gasteiger partial charge in [0.25, 0.3) is 5.91 Å². The number of hydrogen-bond acceptors (Lipinski definition) is 7. The zero-order chi connectivity index (χ0) is 26.9. The van der Waals surface area contributed by atoms with Crippen molar-refractivity contribution in [1.29, 1.82) is 0 Å². The molecule has 0 bridgehead atoms. The summed E-state index contributed by atoms with van der Waals surface area (Å²) in [4.78, 5) is 37.3. The number of esters is 1. The summed E-state index contributed by atoms with van der Waals surface area (Å²) in [6.45, 7) is 8.13. The number of thioether (sulfide) groups is 1. The summed E-state index contributed by atoms with van der Waals surface area (Å²) in [5.41, 5.74) is 1.18. The molecule has 2 N–H and O–H groups in total. The van der Waals surface area contributed by atoms with E-state index in [2.05, 4.69) is 27.4 Å². The lowest BCUT2D eigenvalue weighted by Gasteiger charge is -2.23. The van der Waals surface area contributed by atoms with Gasteiger partial charge in [-0.2, -0.15) is 0 Å². The molecule has 1 aromatic heterocycles. The molecule has 0 spiro atoms. The zero-order valence-electron chi connectivity index (χ0n) is 20.7. The van der Waals surface area contributed by atoms with E-state index in [1.54, 1.807) is 54.6 Å². The van der Waals surface area contributed by atoms with Crippen LogP contribution in [-0.2, 0) is 16.1 Å². The van der Waals surface area contributed by atoms with Gasteiger partial charge in [-0.3, -0.25) is 9.59 Å². The predicted molar refractivity (Wildman–Crippen MR) is 144 cm³/mol. The highest BCUT2D eigenvalue weighted by Crippen LogP contribution is 2.26. The van der Waals surface area contributed by atoms with Crippen molar-refractivity contribution in [1.82, 2.24) is 20.1 Å². The van der Waals surface area contributed by atoms with Gasteiger partial charge < -0.3 is 19.9 Å². The molecule has 1 atom stereocenters. The van der Waals surface area contributed by atoms with E-state index in [4.69, 9.17) is 16.3 Å². The van der Waals surface area contributed by atoms with Crippen molar-refractivity contribution in [3.05, 3.63) is 83.2 Å². The molecule has 1 heterocycles. The van der Waals surface area contributed by atoms with Crippen LogP contribution in [0.1, 0.15) is 46.4 Å². The first-order chi connectivity index (χ1) is 17.7. The SMILES string of the molecule is C=CCn1c(SCC(=O)Nc2cccc(C(=O)OC)c2)nnc1[C@@H](NC(=O)c1ccccc1Cl)C(C)C. The molecule has 2 amide bonds. The molecule has 3 aromatic rings. The number of rotatable bonds is 11. The highest BCUT2D eigenvalue weighted by molar-refractivity contribution is 7.99. The number of allylic oxidation sites excluding steroid dienone is 1. The van der Waals surface area contributed by atoms with E-state index in [9.17, 15) is 14.4 Å². The Balaban J connectivity index is 1.74. The molecule has 0 saturated heterocycles. The topological polar surface area (TPSA) is 115 Å². The molecule has 0 fully saturated rings. The first-order valence-corrected chi connectivity index (χ1v) is 12.8. The van der Waals surface area contributed by atoms with Crippen molar-refractivity contribution >= 4 is 46.8 Å². The zero-order valence-corrected chi connectivity index (χ0v) is 22.3. The number of methoxy groups -OCH3 is 1. The second kappa shape index (κ2) is 13.1. The molecule has 11 heteroatoms. The summed E-state index contributed by atoms with van der Waals surface area (Å²) >= 11 is 7.40. The van der Waals surface area contributed by atoms with Crippen LogP contribution in [0.2, 0.25) is 5.02 Å². The third kappa shape index (κ3) is 7.21. The minimum Gasteiger partial charge on any atom is -0.465 e. The van der Waals surface area contributed by atoms with Gasteiger partial charge in [0.1, 0.15) is 0 Å². The predicted octanol–water partition coefficient (Wildman–Crippen LogP) is 4.76. The van der Waals surface area contributed by atoms with E-state index in [0.29, 0.717) is 39.4 Å². The van der Waals surface area contributed by atoms with Crippen molar-refractivity contribution in [2.24, 2.45) is 5.92 Å². The van der Waals surface area contributed by atoms with Crippen molar-refractivity contribution in [3.63, 3.8) is 0 Å². The van der Waals surface area contributed by atoms with E-state index < -0.39 is 12.0 Å². The number of carbonyl (C=O) groups excluding carboxylic acids is 3. The second-order valence-electron chi connectivity index (χ2n) is 8.32. The molecule has 0 radical (unpaired) electrons. The molecule has 3 rings (SSSR count). The van der Waals surface area contributed by atoms with E-state index in [-0.39, 0.29) is 23.5 Å². The molecular formula is C26H28ClN5O4S. The van der Waals surface area contributed by atoms with Gasteiger partial charge in [0, 0.05) is 12.2 Å². The highest BCUT2D eigenvalue weighted by Gasteiger charge is 2.27. The Morgan fingerprint density at radius 1 is 1.16 bits per heavy atom. The first-order valence-electron chi connectivity index (χ1n) is 11.5. The number of aromatic nitrogens is 3. The third-order valence-electron chi connectivity index (χ3n) is 5.31.